The number of nitrogens with zero attached hydrogens (tertiary/aromatic N) is 1. The summed E-state index contributed by atoms with van der Waals surface area (Å²) in [6, 6.07) is 4.76. The molecule has 1 rings (SSSR count). The molecule has 0 saturated heterocycles. The zero-order valence-corrected chi connectivity index (χ0v) is 8.87. The first-order valence-electron chi connectivity index (χ1n) is 4.37. The second kappa shape index (κ2) is 5.57. The van der Waals surface area contributed by atoms with Crippen LogP contribution in [0.5, 0.6) is 0 Å². The molecule has 1 aromatic carbocycles. The number of nitrogen functional groups attached to an aromatic ring is 1. The Morgan fingerprint density at radius 2 is 2.27 bits per heavy atom. The minimum Gasteiger partial charge on any atom is -0.396 e. The van der Waals surface area contributed by atoms with Crippen molar-refractivity contribution in [2.24, 2.45) is 0 Å². The van der Waals surface area contributed by atoms with Crippen LogP contribution in [0.4, 0.5) is 11.4 Å². The minimum absolute atomic E-state index is 0.0582. The van der Waals surface area contributed by atoms with E-state index in [0.29, 0.717) is 11.5 Å². The topological polar surface area (TPSA) is 89.4 Å². The average molecular weight is 228 g/mol. The summed E-state index contributed by atoms with van der Waals surface area (Å²) in [4.78, 5) is 10.1. The standard InChI is InChI=1S/C9H12N2O3S/c10-9-7(6-15-5-4-12)2-1-3-8(9)11(13)14/h1-3,12H,4-6,10H2. The highest BCUT2D eigenvalue weighted by Crippen LogP contribution is 2.27. The second-order valence-corrected chi connectivity index (χ2v) is 3.99. The monoisotopic (exact) mass is 228 g/mol. The first-order valence-corrected chi connectivity index (χ1v) is 5.52. The van der Waals surface area contributed by atoms with Crippen LogP contribution < -0.4 is 5.73 Å². The molecule has 0 spiro atoms. The van der Waals surface area contributed by atoms with Gasteiger partial charge in [0.1, 0.15) is 5.69 Å². The molecule has 0 unspecified atom stereocenters. The predicted molar refractivity (Wildman–Crippen MR) is 60.8 cm³/mol. The van der Waals surface area contributed by atoms with E-state index in [1.165, 1.54) is 17.8 Å². The molecular weight excluding hydrogens is 216 g/mol. The Morgan fingerprint density at radius 1 is 1.53 bits per heavy atom. The molecule has 0 saturated carbocycles. The van der Waals surface area contributed by atoms with Crippen LogP contribution in [0, 0.1) is 10.1 Å². The molecule has 0 aromatic heterocycles. The molecule has 5 nitrogen and oxygen atoms in total. The Balaban J connectivity index is 2.80. The van der Waals surface area contributed by atoms with E-state index >= 15 is 0 Å². The summed E-state index contributed by atoms with van der Waals surface area (Å²) in [6.45, 7) is 0.0967. The van der Waals surface area contributed by atoms with Crippen molar-refractivity contribution >= 4 is 23.1 Å². The molecule has 0 radical (unpaired) electrons. The number of nitro groups is 1. The van der Waals surface area contributed by atoms with Crippen molar-refractivity contribution in [1.29, 1.82) is 0 Å². The summed E-state index contributed by atoms with van der Waals surface area (Å²) in [7, 11) is 0. The molecule has 6 heteroatoms. The van der Waals surface area contributed by atoms with Gasteiger partial charge in [0.2, 0.25) is 0 Å². The number of aliphatic hydroxyl groups is 1. The van der Waals surface area contributed by atoms with Crippen LogP contribution >= 0.6 is 11.8 Å². The molecule has 1 aromatic rings. The Bertz CT molecular complexity index is 357. The smallest absolute Gasteiger partial charge is 0.292 e. The van der Waals surface area contributed by atoms with Crippen molar-refractivity contribution in [1.82, 2.24) is 0 Å². The van der Waals surface area contributed by atoms with Gasteiger partial charge in [0, 0.05) is 17.6 Å². The van der Waals surface area contributed by atoms with E-state index in [2.05, 4.69) is 0 Å². The normalized spacial score (nSPS) is 10.2. The second-order valence-electron chi connectivity index (χ2n) is 2.88. The van der Waals surface area contributed by atoms with E-state index < -0.39 is 4.92 Å². The summed E-state index contributed by atoms with van der Waals surface area (Å²) in [5, 5.41) is 19.2. The number of rotatable bonds is 5. The zero-order valence-electron chi connectivity index (χ0n) is 8.05. The van der Waals surface area contributed by atoms with Gasteiger partial charge in [-0.25, -0.2) is 0 Å². The van der Waals surface area contributed by atoms with E-state index in [1.807, 2.05) is 0 Å². The molecule has 3 N–H and O–H groups in total. The van der Waals surface area contributed by atoms with Crippen molar-refractivity contribution in [3.63, 3.8) is 0 Å². The molecule has 0 fully saturated rings. The molecule has 82 valence electrons. The van der Waals surface area contributed by atoms with Crippen molar-refractivity contribution in [3.05, 3.63) is 33.9 Å². The fraction of sp³-hybridized carbons (Fsp3) is 0.333. The molecule has 0 aliphatic heterocycles. The van der Waals surface area contributed by atoms with Gasteiger partial charge < -0.3 is 10.8 Å². The van der Waals surface area contributed by atoms with Gasteiger partial charge >= 0.3 is 0 Å². The molecule has 0 amide bonds. The summed E-state index contributed by atoms with van der Waals surface area (Å²) in [6.07, 6.45) is 0. The number of hydrogen-bond donors (Lipinski definition) is 2. The van der Waals surface area contributed by atoms with Crippen LogP contribution in [-0.2, 0) is 5.75 Å². The van der Waals surface area contributed by atoms with Crippen LogP contribution in [0.3, 0.4) is 0 Å². The summed E-state index contributed by atoms with van der Waals surface area (Å²) in [5.74, 6) is 1.18. The van der Waals surface area contributed by atoms with Gasteiger partial charge in [-0.05, 0) is 5.56 Å². The Labute approximate surface area is 91.4 Å². The van der Waals surface area contributed by atoms with Crippen molar-refractivity contribution < 1.29 is 10.0 Å². The van der Waals surface area contributed by atoms with Crippen molar-refractivity contribution in [3.8, 4) is 0 Å². The molecule has 0 aliphatic carbocycles. The highest BCUT2D eigenvalue weighted by Gasteiger charge is 2.13. The first kappa shape index (κ1) is 11.8. The summed E-state index contributed by atoms with van der Waals surface area (Å²) >= 11 is 1.49. The van der Waals surface area contributed by atoms with Crippen molar-refractivity contribution in [2.75, 3.05) is 18.1 Å². The third kappa shape index (κ3) is 3.10. The quantitative estimate of drug-likeness (QED) is 0.344. The lowest BCUT2D eigenvalue weighted by atomic mass is 10.2. The largest absolute Gasteiger partial charge is 0.396 e. The maximum Gasteiger partial charge on any atom is 0.292 e. The van der Waals surface area contributed by atoms with Crippen LogP contribution in [-0.4, -0.2) is 22.4 Å². The molecule has 0 aliphatic rings. The maximum atomic E-state index is 10.6. The maximum absolute atomic E-state index is 10.6. The number of aliphatic hydroxyl groups excluding tert-OH is 1. The third-order valence-electron chi connectivity index (χ3n) is 1.86. The number of hydrogen-bond acceptors (Lipinski definition) is 5. The summed E-state index contributed by atoms with van der Waals surface area (Å²) < 4.78 is 0. The fourth-order valence-electron chi connectivity index (χ4n) is 1.13. The van der Waals surface area contributed by atoms with E-state index in [1.54, 1.807) is 12.1 Å². The third-order valence-corrected chi connectivity index (χ3v) is 2.85. The van der Waals surface area contributed by atoms with Gasteiger partial charge in [-0.3, -0.25) is 10.1 Å². The van der Waals surface area contributed by atoms with Gasteiger partial charge in [-0.2, -0.15) is 11.8 Å². The van der Waals surface area contributed by atoms with E-state index in [9.17, 15) is 10.1 Å². The van der Waals surface area contributed by atoms with E-state index in [0.717, 1.165) is 5.56 Å². The van der Waals surface area contributed by atoms with Crippen LogP contribution in [0.1, 0.15) is 5.56 Å². The first-order chi connectivity index (χ1) is 7.16. The van der Waals surface area contributed by atoms with E-state index in [-0.39, 0.29) is 18.0 Å². The van der Waals surface area contributed by atoms with Crippen molar-refractivity contribution in [2.45, 2.75) is 5.75 Å². The number of benzene rings is 1. The summed E-state index contributed by atoms with van der Waals surface area (Å²) in [5.41, 5.74) is 6.54. The molecule has 0 heterocycles. The zero-order chi connectivity index (χ0) is 11.3. The van der Waals surface area contributed by atoms with Crippen LogP contribution in [0.25, 0.3) is 0 Å². The number of nitrogens with two attached hydrogens (primary N) is 1. The Morgan fingerprint density at radius 3 is 2.87 bits per heavy atom. The highest BCUT2D eigenvalue weighted by molar-refractivity contribution is 7.98. The minimum atomic E-state index is -0.491. The number of nitro benzene ring substituents is 1. The SMILES string of the molecule is Nc1c(CSCCO)cccc1[N+](=O)[O-]. The lowest BCUT2D eigenvalue weighted by Gasteiger charge is -2.04. The highest BCUT2D eigenvalue weighted by atomic mass is 32.2. The van der Waals surface area contributed by atoms with Gasteiger partial charge in [0.15, 0.2) is 0 Å². The fourth-order valence-corrected chi connectivity index (χ4v) is 1.88. The molecule has 0 bridgehead atoms. The molecule has 15 heavy (non-hydrogen) atoms. The Kier molecular flexibility index (Phi) is 4.38. The van der Waals surface area contributed by atoms with Crippen LogP contribution in [0.2, 0.25) is 0 Å². The lowest BCUT2D eigenvalue weighted by molar-refractivity contribution is -0.383. The predicted octanol–water partition coefficient (Wildman–Crippen LogP) is 1.40. The van der Waals surface area contributed by atoms with Gasteiger partial charge in [0.25, 0.3) is 5.69 Å². The van der Waals surface area contributed by atoms with Gasteiger partial charge in [-0.1, -0.05) is 12.1 Å². The number of thioether (sulfide) groups is 1. The Hall–Kier alpha value is -1.27. The lowest BCUT2D eigenvalue weighted by Crippen LogP contribution is -1.99. The molecular formula is C9H12N2O3S. The van der Waals surface area contributed by atoms with Gasteiger partial charge in [0.05, 0.1) is 11.5 Å². The van der Waals surface area contributed by atoms with Crippen LogP contribution in [0.15, 0.2) is 18.2 Å². The number of para-hydroxylation sites is 1. The average Bonchev–Trinajstić information content (AvgIpc) is 2.20. The van der Waals surface area contributed by atoms with Gasteiger partial charge in [-0.15, -0.1) is 0 Å². The van der Waals surface area contributed by atoms with E-state index in [4.69, 9.17) is 10.8 Å². The number of anilines is 1. The molecule has 0 atom stereocenters.